The van der Waals surface area contributed by atoms with Crippen LogP contribution in [0.15, 0.2) is 66.7 Å². The predicted molar refractivity (Wildman–Crippen MR) is 146 cm³/mol. The highest BCUT2D eigenvalue weighted by Gasteiger charge is 2.72. The van der Waals surface area contributed by atoms with Gasteiger partial charge in [0, 0.05) is 47.6 Å². The Kier molecular flexibility index (Phi) is 5.87. The first-order valence-electron chi connectivity index (χ1n) is 12.6. The standard InChI is InChI=1S/C29H28FN5O2S/c1-19-12-27(33-23-10-8-22(30)9-11-23)21(14-31)13-25(19)29-18-35(38(36,37)34-15-24(16-34)32-2)17-26(29)28(29)20-6-4-3-5-7-20/h3-14,24,26,28,31,33H,15-18H2,1H3/t26-,28-,29+/m1/s1. The van der Waals surface area contributed by atoms with Gasteiger partial charge in [-0.05, 0) is 65.9 Å². The van der Waals surface area contributed by atoms with E-state index >= 15 is 0 Å². The Bertz CT molecular complexity index is 1550. The van der Waals surface area contributed by atoms with Crippen molar-refractivity contribution < 1.29 is 12.8 Å². The lowest BCUT2D eigenvalue weighted by Gasteiger charge is -2.35. The summed E-state index contributed by atoms with van der Waals surface area (Å²) in [4.78, 5) is 3.47. The lowest BCUT2D eigenvalue weighted by molar-refractivity contribution is 0.263. The summed E-state index contributed by atoms with van der Waals surface area (Å²) in [6.07, 6.45) is 1.30. The molecule has 3 aromatic carbocycles. The average Bonchev–Trinajstić information content (AvgIpc) is 3.33. The summed E-state index contributed by atoms with van der Waals surface area (Å²) in [5.74, 6) is -0.0229. The lowest BCUT2D eigenvalue weighted by Crippen LogP contribution is -2.56. The van der Waals surface area contributed by atoms with Crippen molar-refractivity contribution in [2.75, 3.05) is 31.5 Å². The average molecular weight is 530 g/mol. The molecule has 0 bridgehead atoms. The number of rotatable bonds is 7. The number of hydrogen-bond donors (Lipinski definition) is 2. The monoisotopic (exact) mass is 529 g/mol. The lowest BCUT2D eigenvalue weighted by atomic mass is 9.86. The van der Waals surface area contributed by atoms with E-state index in [0.717, 1.165) is 22.5 Å². The third kappa shape index (κ3) is 3.83. The van der Waals surface area contributed by atoms with E-state index in [4.69, 9.17) is 12.0 Å². The van der Waals surface area contributed by atoms with Crippen LogP contribution >= 0.6 is 0 Å². The van der Waals surface area contributed by atoms with Gasteiger partial charge < -0.3 is 15.6 Å². The predicted octanol–water partition coefficient (Wildman–Crippen LogP) is 4.69. The molecule has 7 nitrogen and oxygen atoms in total. The van der Waals surface area contributed by atoms with Gasteiger partial charge in [0.2, 0.25) is 0 Å². The van der Waals surface area contributed by atoms with Crippen molar-refractivity contribution in [3.8, 4) is 0 Å². The smallest absolute Gasteiger partial charge is 0.282 e. The molecule has 0 radical (unpaired) electrons. The van der Waals surface area contributed by atoms with Gasteiger partial charge in [-0.2, -0.15) is 17.0 Å². The van der Waals surface area contributed by atoms with Crippen LogP contribution in [0.1, 0.15) is 28.2 Å². The number of aryl methyl sites for hydroxylation is 1. The molecule has 6 rings (SSSR count). The molecule has 9 heteroatoms. The Labute approximate surface area is 222 Å². The highest BCUT2D eigenvalue weighted by molar-refractivity contribution is 7.86. The Balaban J connectivity index is 1.37. The summed E-state index contributed by atoms with van der Waals surface area (Å²) in [6.45, 7) is 10.5. The van der Waals surface area contributed by atoms with Crippen LogP contribution in [0.2, 0.25) is 0 Å². The zero-order valence-corrected chi connectivity index (χ0v) is 21.7. The molecule has 2 aliphatic heterocycles. The third-order valence-electron chi connectivity index (χ3n) is 8.35. The van der Waals surface area contributed by atoms with Crippen molar-refractivity contribution in [2.24, 2.45) is 5.92 Å². The molecule has 1 saturated carbocycles. The second-order valence-corrected chi connectivity index (χ2v) is 12.4. The van der Waals surface area contributed by atoms with E-state index in [9.17, 15) is 12.8 Å². The topological polar surface area (TPSA) is 80.9 Å². The van der Waals surface area contributed by atoms with Crippen molar-refractivity contribution >= 4 is 27.8 Å². The largest absolute Gasteiger partial charge is 0.355 e. The van der Waals surface area contributed by atoms with E-state index in [0.29, 0.717) is 18.7 Å². The Morgan fingerprint density at radius 3 is 2.45 bits per heavy atom. The zero-order chi connectivity index (χ0) is 26.7. The highest BCUT2D eigenvalue weighted by atomic mass is 32.2. The van der Waals surface area contributed by atoms with Crippen LogP contribution in [0.4, 0.5) is 15.8 Å². The second-order valence-electron chi connectivity index (χ2n) is 10.5. The molecule has 1 aliphatic carbocycles. The number of nitrogens with zero attached hydrogens (tertiary/aromatic N) is 3. The van der Waals surface area contributed by atoms with Crippen LogP contribution in [-0.2, 0) is 15.6 Å². The fourth-order valence-electron chi connectivity index (χ4n) is 6.39. The van der Waals surface area contributed by atoms with Crippen molar-refractivity contribution in [3.05, 3.63) is 106 Å². The zero-order valence-electron chi connectivity index (χ0n) is 20.9. The van der Waals surface area contributed by atoms with Gasteiger partial charge in [-0.1, -0.05) is 30.3 Å². The first-order valence-corrected chi connectivity index (χ1v) is 14.0. The third-order valence-corrected chi connectivity index (χ3v) is 10.2. The number of halogens is 1. The molecule has 3 aromatic rings. The SMILES string of the molecule is [C-]#[N+]C1CN(S(=O)(=O)N2C[C@@H]3[C@@H](c4ccccc4)[C@]3(c3cc(C=N)c(Nc4ccc(F)cc4)cc3C)C2)C1. The van der Waals surface area contributed by atoms with E-state index in [1.807, 2.05) is 37.3 Å². The van der Waals surface area contributed by atoms with E-state index in [1.165, 1.54) is 28.2 Å². The van der Waals surface area contributed by atoms with Gasteiger partial charge in [0.1, 0.15) is 5.82 Å². The molecule has 0 unspecified atom stereocenters. The molecular weight excluding hydrogens is 501 g/mol. The highest BCUT2D eigenvalue weighted by Crippen LogP contribution is 2.70. The van der Waals surface area contributed by atoms with Gasteiger partial charge >= 0.3 is 0 Å². The molecule has 2 saturated heterocycles. The Hall–Kier alpha value is -3.58. The van der Waals surface area contributed by atoms with E-state index in [-0.39, 0.29) is 36.8 Å². The molecule has 0 spiro atoms. The van der Waals surface area contributed by atoms with Crippen LogP contribution < -0.4 is 5.32 Å². The molecule has 3 aliphatic rings. The van der Waals surface area contributed by atoms with E-state index in [2.05, 4.69) is 22.3 Å². The number of nitrogens with one attached hydrogen (secondary N) is 2. The molecule has 2 N–H and O–H groups in total. The summed E-state index contributed by atoms with van der Waals surface area (Å²) < 4.78 is 43.2. The van der Waals surface area contributed by atoms with Crippen LogP contribution in [-0.4, -0.2) is 55.5 Å². The van der Waals surface area contributed by atoms with Gasteiger partial charge in [0.25, 0.3) is 16.3 Å². The van der Waals surface area contributed by atoms with Gasteiger partial charge in [-0.15, -0.1) is 0 Å². The normalized spacial score (nSPS) is 25.3. The van der Waals surface area contributed by atoms with Crippen LogP contribution in [0.3, 0.4) is 0 Å². The van der Waals surface area contributed by atoms with Crippen molar-refractivity contribution in [2.45, 2.75) is 24.3 Å². The van der Waals surface area contributed by atoms with Gasteiger partial charge in [-0.3, -0.25) is 0 Å². The number of anilines is 2. The summed E-state index contributed by atoms with van der Waals surface area (Å²) in [5, 5.41) is 11.4. The fourth-order valence-corrected chi connectivity index (χ4v) is 8.16. The molecule has 0 amide bonds. The van der Waals surface area contributed by atoms with Crippen LogP contribution in [0, 0.1) is 30.6 Å². The molecule has 3 atom stereocenters. The molecule has 0 aromatic heterocycles. The van der Waals surface area contributed by atoms with Crippen molar-refractivity contribution in [1.29, 1.82) is 5.41 Å². The molecule has 38 heavy (non-hydrogen) atoms. The number of fused-ring (bicyclic) bond motifs is 1. The van der Waals surface area contributed by atoms with Crippen molar-refractivity contribution in [3.63, 3.8) is 0 Å². The maximum absolute atomic E-state index is 13.4. The minimum atomic E-state index is -3.64. The molecule has 2 heterocycles. The van der Waals surface area contributed by atoms with Gasteiger partial charge in [0.15, 0.2) is 0 Å². The summed E-state index contributed by atoms with van der Waals surface area (Å²) in [7, 11) is -3.64. The minimum absolute atomic E-state index is 0.116. The first kappa shape index (κ1) is 24.7. The molecule has 3 fully saturated rings. The van der Waals surface area contributed by atoms with Crippen LogP contribution in [0.25, 0.3) is 4.85 Å². The Morgan fingerprint density at radius 2 is 1.79 bits per heavy atom. The molecular formula is C29H28FN5O2S. The quantitative estimate of drug-likeness (QED) is 0.344. The van der Waals surface area contributed by atoms with Gasteiger partial charge in [-0.25, -0.2) is 11.0 Å². The molecule has 194 valence electrons. The van der Waals surface area contributed by atoms with E-state index < -0.39 is 15.6 Å². The maximum atomic E-state index is 13.4. The first-order chi connectivity index (χ1) is 18.3. The Morgan fingerprint density at radius 1 is 1.08 bits per heavy atom. The summed E-state index contributed by atoms with van der Waals surface area (Å²) >= 11 is 0. The second kappa shape index (κ2) is 9.02. The number of piperidine rings is 1. The summed E-state index contributed by atoms with van der Waals surface area (Å²) in [5.41, 5.74) is 5.01. The number of benzene rings is 3. The minimum Gasteiger partial charge on any atom is -0.355 e. The fraction of sp³-hybridized carbons (Fsp3) is 0.310. The maximum Gasteiger partial charge on any atom is 0.282 e. The van der Waals surface area contributed by atoms with Crippen molar-refractivity contribution in [1.82, 2.24) is 8.61 Å². The number of hydrogen-bond acceptors (Lipinski definition) is 4. The van der Waals surface area contributed by atoms with E-state index in [1.54, 1.807) is 16.4 Å². The van der Waals surface area contributed by atoms with Gasteiger partial charge in [0.05, 0.1) is 13.1 Å². The summed E-state index contributed by atoms with van der Waals surface area (Å²) in [6, 6.07) is 20.1. The van der Waals surface area contributed by atoms with Crippen LogP contribution in [0.5, 0.6) is 0 Å².